The lowest BCUT2D eigenvalue weighted by molar-refractivity contribution is -0.132. The van der Waals surface area contributed by atoms with Crippen LogP contribution in [0.3, 0.4) is 0 Å². The number of amides is 2. The van der Waals surface area contributed by atoms with E-state index in [9.17, 15) is 9.59 Å². The lowest BCUT2D eigenvalue weighted by Crippen LogP contribution is -2.56. The third-order valence-electron chi connectivity index (χ3n) is 5.37. The van der Waals surface area contributed by atoms with Gasteiger partial charge in [0.1, 0.15) is 6.54 Å². The molecule has 2 aliphatic heterocycles. The van der Waals surface area contributed by atoms with E-state index in [1.807, 2.05) is 29.2 Å². The van der Waals surface area contributed by atoms with Gasteiger partial charge in [-0.3, -0.25) is 14.3 Å². The first-order valence-electron chi connectivity index (χ1n) is 8.77. The highest BCUT2D eigenvalue weighted by atomic mass is 16.2. The molecule has 1 N–H and O–H groups in total. The zero-order chi connectivity index (χ0) is 17.3. The molecular weight excluding hydrogens is 316 g/mol. The molecule has 4 rings (SSSR count). The number of nitrogens with one attached hydrogen (secondary N) is 1. The van der Waals surface area contributed by atoms with E-state index < -0.39 is 0 Å². The maximum Gasteiger partial charge on any atom is 0.244 e. The number of nitrogens with zero attached hydrogens (tertiary/aromatic N) is 3. The van der Waals surface area contributed by atoms with E-state index >= 15 is 0 Å². The fraction of sp³-hybridized carbons (Fsp3) is 0.421. The van der Waals surface area contributed by atoms with E-state index in [1.165, 1.54) is 5.56 Å². The normalized spacial score (nSPS) is 26.0. The van der Waals surface area contributed by atoms with Gasteiger partial charge in [-0.1, -0.05) is 30.3 Å². The molecule has 2 atom stereocenters. The van der Waals surface area contributed by atoms with Gasteiger partial charge in [-0.25, -0.2) is 0 Å². The summed E-state index contributed by atoms with van der Waals surface area (Å²) >= 11 is 0. The highest BCUT2D eigenvalue weighted by Gasteiger charge is 2.50. The molecule has 1 spiro atoms. The number of aromatic nitrogens is 2. The van der Waals surface area contributed by atoms with Crippen LogP contribution in [0.25, 0.3) is 0 Å². The van der Waals surface area contributed by atoms with Crippen molar-refractivity contribution < 1.29 is 9.59 Å². The summed E-state index contributed by atoms with van der Waals surface area (Å²) in [6.07, 6.45) is 5.82. The lowest BCUT2D eigenvalue weighted by atomic mass is 9.76. The van der Waals surface area contributed by atoms with Crippen LogP contribution in [0.15, 0.2) is 48.8 Å². The molecule has 0 saturated carbocycles. The Hall–Kier alpha value is -2.63. The van der Waals surface area contributed by atoms with Gasteiger partial charge in [-0.05, 0) is 24.5 Å². The highest BCUT2D eigenvalue weighted by molar-refractivity contribution is 5.80. The van der Waals surface area contributed by atoms with Crippen molar-refractivity contribution >= 4 is 11.8 Å². The maximum atomic E-state index is 12.7. The van der Waals surface area contributed by atoms with Crippen LogP contribution in [0.4, 0.5) is 0 Å². The van der Waals surface area contributed by atoms with E-state index in [1.54, 1.807) is 17.1 Å². The van der Waals surface area contributed by atoms with E-state index in [4.69, 9.17) is 0 Å². The Morgan fingerprint density at radius 1 is 1.28 bits per heavy atom. The van der Waals surface area contributed by atoms with Crippen LogP contribution in [0.5, 0.6) is 0 Å². The predicted octanol–water partition coefficient (Wildman–Crippen LogP) is 1.55. The number of rotatable bonds is 3. The Morgan fingerprint density at radius 3 is 2.84 bits per heavy atom. The number of piperidine rings is 1. The minimum Gasteiger partial charge on any atom is -0.348 e. The second-order valence-electron chi connectivity index (χ2n) is 7.00. The van der Waals surface area contributed by atoms with Crippen LogP contribution < -0.4 is 5.32 Å². The first kappa shape index (κ1) is 15.9. The van der Waals surface area contributed by atoms with Gasteiger partial charge >= 0.3 is 0 Å². The van der Waals surface area contributed by atoms with Crippen molar-refractivity contribution in [3.8, 4) is 0 Å². The zero-order valence-electron chi connectivity index (χ0n) is 14.1. The molecule has 2 amide bonds. The van der Waals surface area contributed by atoms with E-state index in [0.717, 1.165) is 12.8 Å². The topological polar surface area (TPSA) is 67.2 Å². The molecule has 25 heavy (non-hydrogen) atoms. The summed E-state index contributed by atoms with van der Waals surface area (Å²) < 4.78 is 1.64. The summed E-state index contributed by atoms with van der Waals surface area (Å²) in [4.78, 5) is 26.7. The molecule has 130 valence electrons. The van der Waals surface area contributed by atoms with Crippen LogP contribution in [-0.4, -0.2) is 45.1 Å². The van der Waals surface area contributed by atoms with Crippen LogP contribution in [-0.2, 0) is 16.1 Å². The Bertz CT molecular complexity index is 759. The fourth-order valence-corrected chi connectivity index (χ4v) is 4.19. The average Bonchev–Trinajstić information content (AvgIpc) is 3.24. The lowest BCUT2D eigenvalue weighted by Gasteiger charge is -2.39. The minimum absolute atomic E-state index is 0.0429. The van der Waals surface area contributed by atoms with Gasteiger partial charge in [0, 0.05) is 37.8 Å². The molecule has 1 aromatic heterocycles. The molecule has 2 fully saturated rings. The Morgan fingerprint density at radius 2 is 2.12 bits per heavy atom. The first-order valence-corrected chi connectivity index (χ1v) is 8.77. The van der Waals surface area contributed by atoms with Crippen LogP contribution >= 0.6 is 0 Å². The molecule has 6 heteroatoms. The van der Waals surface area contributed by atoms with Crippen molar-refractivity contribution in [3.05, 3.63) is 54.4 Å². The molecule has 6 nitrogen and oxygen atoms in total. The van der Waals surface area contributed by atoms with Crippen molar-refractivity contribution in [2.24, 2.45) is 0 Å². The third-order valence-corrected chi connectivity index (χ3v) is 5.37. The smallest absolute Gasteiger partial charge is 0.244 e. The Balaban J connectivity index is 1.60. The van der Waals surface area contributed by atoms with Gasteiger partial charge in [0.05, 0.1) is 5.54 Å². The monoisotopic (exact) mass is 338 g/mol. The Kier molecular flexibility index (Phi) is 4.03. The van der Waals surface area contributed by atoms with Crippen LogP contribution in [0.1, 0.15) is 30.7 Å². The Labute approximate surface area is 146 Å². The van der Waals surface area contributed by atoms with E-state index in [0.29, 0.717) is 19.5 Å². The second-order valence-corrected chi connectivity index (χ2v) is 7.00. The number of carbonyl (C=O) groups is 2. The van der Waals surface area contributed by atoms with Crippen molar-refractivity contribution in [2.75, 3.05) is 13.1 Å². The quantitative estimate of drug-likeness (QED) is 0.923. The number of benzene rings is 1. The molecule has 2 saturated heterocycles. The summed E-state index contributed by atoms with van der Waals surface area (Å²) in [6, 6.07) is 12.0. The molecule has 0 bridgehead atoms. The molecule has 0 aliphatic carbocycles. The summed E-state index contributed by atoms with van der Waals surface area (Å²) in [6.45, 7) is 1.43. The standard InChI is InChI=1S/C19H22N4O2/c24-17-8-4-9-19(21-17)14-22(18(25)13-23-11-5-10-20-23)12-16(19)15-6-2-1-3-7-15/h1-3,5-7,10-11,16H,4,8-9,12-14H2,(H,21,24)/t16-,19+/m0/s1. The molecule has 1 aromatic carbocycles. The van der Waals surface area contributed by atoms with E-state index in [2.05, 4.69) is 22.5 Å². The highest BCUT2D eigenvalue weighted by Crippen LogP contribution is 2.41. The summed E-state index contributed by atoms with van der Waals surface area (Å²) in [5.41, 5.74) is 0.829. The van der Waals surface area contributed by atoms with Crippen molar-refractivity contribution in [1.29, 1.82) is 0 Å². The number of hydrogen-bond donors (Lipinski definition) is 1. The number of likely N-dealkylation sites (tertiary alicyclic amines) is 1. The molecule has 3 heterocycles. The SMILES string of the molecule is O=C1CCC[C@]2(CN(C(=O)Cn3cccn3)C[C@H]2c2ccccc2)N1. The number of hydrogen-bond acceptors (Lipinski definition) is 3. The van der Waals surface area contributed by atoms with Gasteiger partial charge in [-0.2, -0.15) is 5.10 Å². The molecular formula is C19H22N4O2. The van der Waals surface area contributed by atoms with Crippen LogP contribution in [0, 0.1) is 0 Å². The summed E-state index contributed by atoms with van der Waals surface area (Å²) in [5.74, 6) is 0.259. The molecule has 0 radical (unpaired) electrons. The van der Waals surface area contributed by atoms with Gasteiger partial charge in [0.25, 0.3) is 0 Å². The van der Waals surface area contributed by atoms with Gasteiger partial charge in [0.2, 0.25) is 11.8 Å². The summed E-state index contributed by atoms with van der Waals surface area (Å²) in [5, 5.41) is 7.35. The second kappa shape index (κ2) is 6.35. The first-order chi connectivity index (χ1) is 12.2. The molecule has 0 unspecified atom stereocenters. The minimum atomic E-state index is -0.351. The van der Waals surface area contributed by atoms with Crippen molar-refractivity contribution in [3.63, 3.8) is 0 Å². The molecule has 2 aliphatic rings. The molecule has 2 aromatic rings. The van der Waals surface area contributed by atoms with Gasteiger partial charge < -0.3 is 10.2 Å². The van der Waals surface area contributed by atoms with Crippen molar-refractivity contribution in [1.82, 2.24) is 20.0 Å². The average molecular weight is 338 g/mol. The van der Waals surface area contributed by atoms with Crippen LogP contribution in [0.2, 0.25) is 0 Å². The summed E-state index contributed by atoms with van der Waals surface area (Å²) in [7, 11) is 0. The van der Waals surface area contributed by atoms with Crippen molar-refractivity contribution in [2.45, 2.75) is 37.3 Å². The zero-order valence-corrected chi connectivity index (χ0v) is 14.1. The number of carbonyl (C=O) groups excluding carboxylic acids is 2. The fourth-order valence-electron chi connectivity index (χ4n) is 4.19. The van der Waals surface area contributed by atoms with E-state index in [-0.39, 0.29) is 29.8 Å². The maximum absolute atomic E-state index is 12.7. The predicted molar refractivity (Wildman–Crippen MR) is 92.7 cm³/mol. The van der Waals surface area contributed by atoms with Gasteiger partial charge in [0.15, 0.2) is 0 Å². The largest absolute Gasteiger partial charge is 0.348 e. The van der Waals surface area contributed by atoms with Gasteiger partial charge in [-0.15, -0.1) is 0 Å². The third kappa shape index (κ3) is 3.04.